The van der Waals surface area contributed by atoms with Crippen molar-refractivity contribution in [3.8, 4) is 0 Å². The summed E-state index contributed by atoms with van der Waals surface area (Å²) in [6.45, 7) is 6.05. The van der Waals surface area contributed by atoms with Crippen LogP contribution in [0.1, 0.15) is 22.3 Å². The Morgan fingerprint density at radius 2 is 1.71 bits per heavy atom. The van der Waals surface area contributed by atoms with Crippen LogP contribution in [0.5, 0.6) is 0 Å². The van der Waals surface area contributed by atoms with Crippen molar-refractivity contribution >= 4 is 29.0 Å². The molecule has 17 heavy (non-hydrogen) atoms. The zero-order valence-corrected chi connectivity index (χ0v) is 10.8. The van der Waals surface area contributed by atoms with Crippen molar-refractivity contribution in [1.29, 1.82) is 0 Å². The Labute approximate surface area is 104 Å². The molecule has 1 N–H and O–H groups in total. The maximum atomic E-state index is 11.5. The first-order valence-corrected chi connectivity index (χ1v) is 6.12. The summed E-state index contributed by atoms with van der Waals surface area (Å²) in [5.41, 5.74) is 4.44. The van der Waals surface area contributed by atoms with Gasteiger partial charge in [0.2, 0.25) is 0 Å². The van der Waals surface area contributed by atoms with Crippen LogP contribution in [0.2, 0.25) is 0 Å². The lowest BCUT2D eigenvalue weighted by Gasteiger charge is -2.07. The molecule has 1 heterocycles. The maximum Gasteiger partial charge on any atom is 0.290 e. The highest BCUT2D eigenvalue weighted by atomic mass is 32.2. The fourth-order valence-corrected chi connectivity index (χ4v) is 2.63. The third kappa shape index (κ3) is 2.42. The summed E-state index contributed by atoms with van der Waals surface area (Å²) in [4.78, 5) is 23.0. The van der Waals surface area contributed by atoms with E-state index in [1.807, 2.05) is 20.8 Å². The monoisotopic (exact) mass is 247 g/mol. The summed E-state index contributed by atoms with van der Waals surface area (Å²) in [6.07, 6.45) is 1.79. The van der Waals surface area contributed by atoms with Crippen molar-refractivity contribution < 1.29 is 9.59 Å². The molecule has 0 unspecified atom stereocenters. The van der Waals surface area contributed by atoms with Crippen LogP contribution >= 0.6 is 11.8 Å². The molecule has 1 aliphatic rings. The second-order valence-corrected chi connectivity index (χ2v) is 5.18. The molecular formula is C13H13NO2S. The minimum atomic E-state index is -0.306. The number of carbonyl (C=O) groups excluding carboxylic acids is 2. The molecule has 0 radical (unpaired) electrons. The van der Waals surface area contributed by atoms with Gasteiger partial charge in [0.1, 0.15) is 0 Å². The summed E-state index contributed by atoms with van der Waals surface area (Å²) in [5.74, 6) is -0.306. The van der Waals surface area contributed by atoms with E-state index in [-0.39, 0.29) is 11.1 Å². The molecule has 0 aliphatic carbocycles. The zero-order valence-electron chi connectivity index (χ0n) is 9.96. The van der Waals surface area contributed by atoms with E-state index < -0.39 is 0 Å². The number of rotatable bonds is 1. The third-order valence-corrected chi connectivity index (χ3v) is 3.47. The SMILES string of the molecule is Cc1cc(C)c(/C=C2\SC(=O)NC2=O)c(C)c1. The summed E-state index contributed by atoms with van der Waals surface area (Å²) in [5, 5.41) is 1.95. The van der Waals surface area contributed by atoms with Crippen LogP contribution in [0.4, 0.5) is 4.79 Å². The van der Waals surface area contributed by atoms with E-state index in [9.17, 15) is 9.59 Å². The summed E-state index contributed by atoms with van der Waals surface area (Å²) >= 11 is 0.952. The number of hydrogen-bond donors (Lipinski definition) is 1. The predicted octanol–water partition coefficient (Wildman–Crippen LogP) is 2.94. The topological polar surface area (TPSA) is 46.2 Å². The molecule has 2 amide bonds. The van der Waals surface area contributed by atoms with Crippen LogP contribution in [0.3, 0.4) is 0 Å². The Hall–Kier alpha value is -1.55. The molecule has 4 heteroatoms. The van der Waals surface area contributed by atoms with E-state index in [1.165, 1.54) is 5.56 Å². The number of thioether (sulfide) groups is 1. The molecule has 1 fully saturated rings. The van der Waals surface area contributed by atoms with Crippen LogP contribution in [-0.4, -0.2) is 11.1 Å². The number of carbonyl (C=O) groups is 2. The Balaban J connectivity index is 2.46. The molecule has 1 saturated heterocycles. The van der Waals surface area contributed by atoms with Crippen LogP contribution in [0.15, 0.2) is 17.0 Å². The first-order chi connectivity index (χ1) is 7.97. The minimum Gasteiger partial charge on any atom is -0.282 e. The molecule has 1 aromatic carbocycles. The molecular weight excluding hydrogens is 234 g/mol. The number of benzene rings is 1. The van der Waals surface area contributed by atoms with E-state index >= 15 is 0 Å². The lowest BCUT2D eigenvalue weighted by atomic mass is 9.99. The van der Waals surface area contributed by atoms with Gasteiger partial charge in [-0.25, -0.2) is 0 Å². The van der Waals surface area contributed by atoms with Crippen molar-refractivity contribution in [2.75, 3.05) is 0 Å². The summed E-state index contributed by atoms with van der Waals surface area (Å²) in [6, 6.07) is 4.14. The Kier molecular flexibility index (Phi) is 3.07. The van der Waals surface area contributed by atoms with Crippen LogP contribution < -0.4 is 5.32 Å². The molecule has 1 aromatic rings. The second-order valence-electron chi connectivity index (χ2n) is 4.16. The molecule has 2 rings (SSSR count). The molecule has 0 bridgehead atoms. The number of aryl methyl sites for hydroxylation is 3. The predicted molar refractivity (Wildman–Crippen MR) is 69.8 cm³/mol. The van der Waals surface area contributed by atoms with Gasteiger partial charge in [-0.05, 0) is 55.3 Å². The minimum absolute atomic E-state index is 0.302. The molecule has 0 atom stereocenters. The molecule has 3 nitrogen and oxygen atoms in total. The Bertz CT molecular complexity index is 523. The average molecular weight is 247 g/mol. The van der Waals surface area contributed by atoms with Gasteiger partial charge in [-0.3, -0.25) is 14.9 Å². The third-order valence-electron chi connectivity index (χ3n) is 2.66. The Morgan fingerprint density at radius 3 is 2.18 bits per heavy atom. The highest BCUT2D eigenvalue weighted by molar-refractivity contribution is 8.18. The van der Waals surface area contributed by atoms with Crippen molar-refractivity contribution in [3.63, 3.8) is 0 Å². The molecule has 88 valence electrons. The standard InChI is InChI=1S/C13H13NO2S/c1-7-4-8(2)10(9(3)5-7)6-11-12(15)14-13(16)17-11/h4-6H,1-3H3,(H,14,15,16)/b11-6-. The van der Waals surface area contributed by atoms with Crippen LogP contribution in [-0.2, 0) is 4.79 Å². The van der Waals surface area contributed by atoms with Gasteiger partial charge in [0.15, 0.2) is 0 Å². The molecule has 0 spiro atoms. The van der Waals surface area contributed by atoms with Gasteiger partial charge in [-0.15, -0.1) is 0 Å². The van der Waals surface area contributed by atoms with E-state index in [0.717, 1.165) is 28.5 Å². The maximum absolute atomic E-state index is 11.5. The van der Waals surface area contributed by atoms with Gasteiger partial charge >= 0.3 is 0 Å². The van der Waals surface area contributed by atoms with Gasteiger partial charge in [0.25, 0.3) is 11.1 Å². The van der Waals surface area contributed by atoms with Crippen molar-refractivity contribution in [3.05, 3.63) is 39.3 Å². The summed E-state index contributed by atoms with van der Waals surface area (Å²) < 4.78 is 0. The lowest BCUT2D eigenvalue weighted by Crippen LogP contribution is -2.17. The van der Waals surface area contributed by atoms with Crippen LogP contribution in [0.25, 0.3) is 6.08 Å². The average Bonchev–Trinajstić information content (AvgIpc) is 2.51. The first-order valence-electron chi connectivity index (χ1n) is 5.30. The first kappa shape index (κ1) is 11.9. The lowest BCUT2D eigenvalue weighted by molar-refractivity contribution is -0.115. The fourth-order valence-electron chi connectivity index (χ4n) is 1.97. The highest BCUT2D eigenvalue weighted by Crippen LogP contribution is 2.28. The van der Waals surface area contributed by atoms with E-state index in [1.54, 1.807) is 6.08 Å². The van der Waals surface area contributed by atoms with Crippen molar-refractivity contribution in [1.82, 2.24) is 5.32 Å². The Morgan fingerprint density at radius 1 is 1.12 bits per heavy atom. The van der Waals surface area contributed by atoms with Gasteiger partial charge in [-0.1, -0.05) is 17.7 Å². The number of nitrogens with one attached hydrogen (secondary N) is 1. The molecule has 1 aliphatic heterocycles. The normalized spacial score (nSPS) is 17.7. The van der Waals surface area contributed by atoms with E-state index in [0.29, 0.717) is 4.91 Å². The number of hydrogen-bond acceptors (Lipinski definition) is 3. The molecule has 0 saturated carbocycles. The zero-order chi connectivity index (χ0) is 12.6. The van der Waals surface area contributed by atoms with E-state index in [4.69, 9.17) is 0 Å². The number of amides is 2. The summed E-state index contributed by atoms with van der Waals surface area (Å²) in [7, 11) is 0. The fraction of sp³-hybridized carbons (Fsp3) is 0.231. The quantitative estimate of drug-likeness (QED) is 0.776. The van der Waals surface area contributed by atoms with Gasteiger partial charge < -0.3 is 0 Å². The second kappa shape index (κ2) is 4.37. The largest absolute Gasteiger partial charge is 0.290 e. The van der Waals surface area contributed by atoms with Gasteiger partial charge in [0.05, 0.1) is 4.91 Å². The van der Waals surface area contributed by atoms with Gasteiger partial charge in [0, 0.05) is 0 Å². The molecule has 0 aromatic heterocycles. The van der Waals surface area contributed by atoms with Gasteiger partial charge in [-0.2, -0.15) is 0 Å². The number of imide groups is 1. The van der Waals surface area contributed by atoms with Crippen LogP contribution in [0, 0.1) is 20.8 Å². The highest BCUT2D eigenvalue weighted by Gasteiger charge is 2.25. The van der Waals surface area contributed by atoms with E-state index in [2.05, 4.69) is 17.4 Å². The van der Waals surface area contributed by atoms with Crippen molar-refractivity contribution in [2.45, 2.75) is 20.8 Å². The smallest absolute Gasteiger partial charge is 0.282 e. The van der Waals surface area contributed by atoms with Crippen molar-refractivity contribution in [2.24, 2.45) is 0 Å².